The Kier molecular flexibility index (Phi) is 8.53. The number of hydrogen-bond acceptors (Lipinski definition) is 5. The van der Waals surface area contributed by atoms with E-state index in [1.54, 1.807) is 4.90 Å². The Morgan fingerprint density at radius 3 is 2.67 bits per heavy atom. The van der Waals surface area contributed by atoms with Gasteiger partial charge in [-0.05, 0) is 58.6 Å². The second-order valence-corrected chi connectivity index (χ2v) is 8.90. The summed E-state index contributed by atoms with van der Waals surface area (Å²) in [7, 11) is 1.34. The highest BCUT2D eigenvalue weighted by atomic mass is 16.6. The zero-order valence-corrected chi connectivity index (χ0v) is 19.1. The van der Waals surface area contributed by atoms with Crippen LogP contribution in [0.25, 0.3) is 0 Å². The molecule has 1 saturated heterocycles. The lowest BCUT2D eigenvalue weighted by atomic mass is 9.86. The van der Waals surface area contributed by atoms with E-state index in [1.165, 1.54) is 7.11 Å². The highest BCUT2D eigenvalue weighted by Crippen LogP contribution is 2.35. The van der Waals surface area contributed by atoms with E-state index in [0.29, 0.717) is 26.2 Å². The average molecular weight is 421 g/mol. The van der Waals surface area contributed by atoms with E-state index >= 15 is 0 Å². The SMILES string of the molecule is COC(=O)NCCOC(c1cc(C)ccc1C)C1CCCN(C(=O)OC(C)(C)C)C1. The third kappa shape index (κ3) is 7.20. The van der Waals surface area contributed by atoms with E-state index < -0.39 is 11.7 Å². The van der Waals surface area contributed by atoms with Gasteiger partial charge >= 0.3 is 12.2 Å². The molecule has 0 bridgehead atoms. The van der Waals surface area contributed by atoms with Crippen LogP contribution in [0.4, 0.5) is 9.59 Å². The van der Waals surface area contributed by atoms with Gasteiger partial charge in [-0.2, -0.15) is 0 Å². The van der Waals surface area contributed by atoms with E-state index in [2.05, 4.69) is 42.1 Å². The normalized spacial score (nSPS) is 17.9. The first kappa shape index (κ1) is 24.0. The summed E-state index contributed by atoms with van der Waals surface area (Å²) in [6.07, 6.45) is 0.932. The van der Waals surface area contributed by atoms with Crippen molar-refractivity contribution < 1.29 is 23.8 Å². The molecule has 1 aromatic carbocycles. The maximum absolute atomic E-state index is 12.6. The van der Waals surface area contributed by atoms with Gasteiger partial charge in [-0.3, -0.25) is 0 Å². The summed E-state index contributed by atoms with van der Waals surface area (Å²) >= 11 is 0. The van der Waals surface area contributed by atoms with Crippen molar-refractivity contribution in [2.45, 2.75) is 59.2 Å². The standard InChI is InChI=1S/C23H36N2O5/c1-16-9-10-17(2)19(14-16)20(29-13-11-24-21(26)28-6)18-8-7-12-25(15-18)22(27)30-23(3,4)5/h9-10,14,18,20H,7-8,11-13,15H2,1-6H3,(H,24,26). The summed E-state index contributed by atoms with van der Waals surface area (Å²) in [6.45, 7) is 11.8. The average Bonchev–Trinajstić information content (AvgIpc) is 2.68. The number of carbonyl (C=O) groups is 2. The number of nitrogens with zero attached hydrogens (tertiary/aromatic N) is 1. The fourth-order valence-corrected chi connectivity index (χ4v) is 3.71. The number of rotatable bonds is 6. The summed E-state index contributed by atoms with van der Waals surface area (Å²) in [4.78, 5) is 25.7. The molecule has 2 atom stereocenters. The summed E-state index contributed by atoms with van der Waals surface area (Å²) in [5.74, 6) is 0.143. The molecule has 1 aliphatic heterocycles. The number of aryl methyl sites for hydroxylation is 2. The Bertz CT molecular complexity index is 729. The first-order chi connectivity index (χ1) is 14.1. The smallest absolute Gasteiger partial charge is 0.410 e. The predicted octanol–water partition coefficient (Wildman–Crippen LogP) is 4.36. The minimum Gasteiger partial charge on any atom is -0.453 e. The van der Waals surface area contributed by atoms with Gasteiger partial charge in [0, 0.05) is 25.6 Å². The van der Waals surface area contributed by atoms with Gasteiger partial charge < -0.3 is 24.4 Å². The number of likely N-dealkylation sites (tertiary alicyclic amines) is 1. The molecular weight excluding hydrogens is 384 g/mol. The number of alkyl carbamates (subject to hydrolysis) is 1. The van der Waals surface area contributed by atoms with Crippen molar-refractivity contribution in [3.05, 3.63) is 34.9 Å². The number of methoxy groups -OCH3 is 1. The lowest BCUT2D eigenvalue weighted by Crippen LogP contribution is -2.44. The third-order valence-corrected chi connectivity index (χ3v) is 5.13. The van der Waals surface area contributed by atoms with Crippen LogP contribution in [0.5, 0.6) is 0 Å². The van der Waals surface area contributed by atoms with Crippen LogP contribution in [0, 0.1) is 19.8 Å². The van der Waals surface area contributed by atoms with Crippen LogP contribution in [0.1, 0.15) is 56.4 Å². The molecule has 1 aliphatic rings. The highest BCUT2D eigenvalue weighted by Gasteiger charge is 2.33. The quantitative estimate of drug-likeness (QED) is 0.692. The molecule has 7 heteroatoms. The molecule has 2 unspecified atom stereocenters. The summed E-state index contributed by atoms with van der Waals surface area (Å²) in [5, 5.41) is 2.65. The van der Waals surface area contributed by atoms with Crippen molar-refractivity contribution in [3.8, 4) is 0 Å². The second-order valence-electron chi connectivity index (χ2n) is 8.90. The Balaban J connectivity index is 2.15. The van der Waals surface area contributed by atoms with E-state index in [1.807, 2.05) is 20.8 Å². The summed E-state index contributed by atoms with van der Waals surface area (Å²) in [5.41, 5.74) is 2.92. The fraction of sp³-hybridized carbons (Fsp3) is 0.652. The minimum atomic E-state index is -0.521. The molecule has 1 N–H and O–H groups in total. The number of piperidine rings is 1. The van der Waals surface area contributed by atoms with Gasteiger partial charge in [-0.1, -0.05) is 23.8 Å². The van der Waals surface area contributed by atoms with Crippen molar-refractivity contribution in [1.29, 1.82) is 0 Å². The predicted molar refractivity (Wildman–Crippen MR) is 116 cm³/mol. The van der Waals surface area contributed by atoms with Gasteiger partial charge in [0.15, 0.2) is 0 Å². The zero-order chi connectivity index (χ0) is 22.3. The minimum absolute atomic E-state index is 0.143. The zero-order valence-electron chi connectivity index (χ0n) is 19.1. The van der Waals surface area contributed by atoms with E-state index in [4.69, 9.17) is 9.47 Å². The number of benzene rings is 1. The van der Waals surface area contributed by atoms with Crippen molar-refractivity contribution in [2.75, 3.05) is 33.4 Å². The first-order valence-electron chi connectivity index (χ1n) is 10.6. The van der Waals surface area contributed by atoms with Crippen molar-refractivity contribution in [2.24, 2.45) is 5.92 Å². The summed E-state index contributed by atoms with van der Waals surface area (Å²) < 4.78 is 16.5. The first-order valence-corrected chi connectivity index (χ1v) is 10.6. The number of hydrogen-bond donors (Lipinski definition) is 1. The Hall–Kier alpha value is -2.28. The molecular formula is C23H36N2O5. The molecule has 2 rings (SSSR count). The van der Waals surface area contributed by atoms with Crippen LogP contribution >= 0.6 is 0 Å². The number of carbonyl (C=O) groups excluding carboxylic acids is 2. The maximum Gasteiger partial charge on any atom is 0.410 e. The van der Waals surface area contributed by atoms with Crippen LogP contribution in [-0.2, 0) is 14.2 Å². The van der Waals surface area contributed by atoms with Gasteiger partial charge in [-0.15, -0.1) is 0 Å². The molecule has 2 amide bonds. The molecule has 7 nitrogen and oxygen atoms in total. The van der Waals surface area contributed by atoms with Crippen LogP contribution in [-0.4, -0.2) is 56.0 Å². The third-order valence-electron chi connectivity index (χ3n) is 5.13. The molecule has 0 aliphatic carbocycles. The van der Waals surface area contributed by atoms with E-state index in [-0.39, 0.29) is 18.1 Å². The van der Waals surface area contributed by atoms with Gasteiger partial charge in [0.25, 0.3) is 0 Å². The monoisotopic (exact) mass is 420 g/mol. The molecule has 1 aromatic rings. The molecule has 168 valence electrons. The Morgan fingerprint density at radius 2 is 2.00 bits per heavy atom. The van der Waals surface area contributed by atoms with Crippen molar-refractivity contribution in [3.63, 3.8) is 0 Å². The van der Waals surface area contributed by atoms with Crippen molar-refractivity contribution in [1.82, 2.24) is 10.2 Å². The number of ether oxygens (including phenoxy) is 3. The van der Waals surface area contributed by atoms with Crippen LogP contribution in [0.3, 0.4) is 0 Å². The van der Waals surface area contributed by atoms with Crippen LogP contribution in [0.15, 0.2) is 18.2 Å². The molecule has 0 aromatic heterocycles. The summed E-state index contributed by atoms with van der Waals surface area (Å²) in [6, 6.07) is 6.34. The second kappa shape index (κ2) is 10.7. The van der Waals surface area contributed by atoms with Gasteiger partial charge in [0.05, 0.1) is 19.8 Å². The van der Waals surface area contributed by atoms with E-state index in [0.717, 1.165) is 29.5 Å². The molecule has 0 saturated carbocycles. The molecule has 0 radical (unpaired) electrons. The van der Waals surface area contributed by atoms with Crippen molar-refractivity contribution >= 4 is 12.2 Å². The van der Waals surface area contributed by atoms with Crippen LogP contribution < -0.4 is 5.32 Å². The molecule has 1 heterocycles. The largest absolute Gasteiger partial charge is 0.453 e. The van der Waals surface area contributed by atoms with Crippen LogP contribution in [0.2, 0.25) is 0 Å². The molecule has 0 spiro atoms. The topological polar surface area (TPSA) is 77.1 Å². The lowest BCUT2D eigenvalue weighted by molar-refractivity contribution is -0.0248. The fourth-order valence-electron chi connectivity index (χ4n) is 3.71. The highest BCUT2D eigenvalue weighted by molar-refractivity contribution is 5.68. The van der Waals surface area contributed by atoms with Gasteiger partial charge in [0.2, 0.25) is 0 Å². The van der Waals surface area contributed by atoms with E-state index in [9.17, 15) is 9.59 Å². The molecule has 1 fully saturated rings. The van der Waals surface area contributed by atoms with Gasteiger partial charge in [0.1, 0.15) is 5.60 Å². The maximum atomic E-state index is 12.6. The Morgan fingerprint density at radius 1 is 1.27 bits per heavy atom. The molecule has 30 heavy (non-hydrogen) atoms. The van der Waals surface area contributed by atoms with Gasteiger partial charge in [-0.25, -0.2) is 9.59 Å². The lowest BCUT2D eigenvalue weighted by Gasteiger charge is -2.38. The Labute approximate surface area is 180 Å². The number of nitrogens with one attached hydrogen (secondary N) is 1. The number of amides is 2.